The van der Waals surface area contributed by atoms with Gasteiger partial charge in [0.15, 0.2) is 12.3 Å². The Kier molecular flexibility index (Phi) is 6.35. The number of rotatable bonds is 8. The number of benzene rings is 1. The van der Waals surface area contributed by atoms with Crippen molar-refractivity contribution < 1.29 is 14.3 Å². The van der Waals surface area contributed by atoms with Crippen molar-refractivity contribution in [2.45, 2.75) is 46.1 Å². The average molecular weight is 331 g/mol. The number of carbonyl (C=O) groups is 2. The van der Waals surface area contributed by atoms with Crippen LogP contribution >= 0.6 is 0 Å². The maximum absolute atomic E-state index is 12.1. The van der Waals surface area contributed by atoms with Crippen LogP contribution in [0.2, 0.25) is 0 Å². The zero-order valence-corrected chi connectivity index (χ0v) is 14.5. The zero-order valence-electron chi connectivity index (χ0n) is 14.5. The molecule has 0 aliphatic carbocycles. The highest BCUT2D eigenvalue weighted by Crippen LogP contribution is 2.15. The third kappa shape index (κ3) is 5.08. The maximum Gasteiger partial charge on any atom is 0.359 e. The van der Waals surface area contributed by atoms with Crippen LogP contribution in [-0.4, -0.2) is 34.7 Å². The van der Waals surface area contributed by atoms with E-state index in [9.17, 15) is 9.59 Å². The van der Waals surface area contributed by atoms with E-state index in [0.29, 0.717) is 11.3 Å². The summed E-state index contributed by atoms with van der Waals surface area (Å²) >= 11 is 0. The summed E-state index contributed by atoms with van der Waals surface area (Å²) in [5, 5.41) is 10.3. The van der Waals surface area contributed by atoms with E-state index in [1.807, 2.05) is 25.1 Å². The largest absolute Gasteiger partial charge is 0.451 e. The second-order valence-electron chi connectivity index (χ2n) is 6.49. The van der Waals surface area contributed by atoms with Gasteiger partial charge in [-0.1, -0.05) is 44.9 Å². The third-order valence-electron chi connectivity index (χ3n) is 3.82. The summed E-state index contributed by atoms with van der Waals surface area (Å²) in [7, 11) is 0. The van der Waals surface area contributed by atoms with E-state index in [-0.39, 0.29) is 24.2 Å². The van der Waals surface area contributed by atoms with Gasteiger partial charge in [0.1, 0.15) is 0 Å². The van der Waals surface area contributed by atoms with Gasteiger partial charge >= 0.3 is 5.97 Å². The van der Waals surface area contributed by atoms with Crippen molar-refractivity contribution in [2.24, 2.45) is 5.92 Å². The second-order valence-corrected chi connectivity index (χ2v) is 6.49. The summed E-state index contributed by atoms with van der Waals surface area (Å²) in [5.41, 5.74) is 0.955. The van der Waals surface area contributed by atoms with Crippen LogP contribution in [0.5, 0.6) is 0 Å². The van der Waals surface area contributed by atoms with Gasteiger partial charge in [-0.3, -0.25) is 9.89 Å². The summed E-state index contributed by atoms with van der Waals surface area (Å²) in [6.45, 7) is 6.03. The highest BCUT2D eigenvalue weighted by Gasteiger charge is 2.17. The number of hydrogen-bond donors (Lipinski definition) is 2. The number of ether oxygens (including phenoxy) is 1. The Hall–Kier alpha value is -2.37. The first kappa shape index (κ1) is 18.0. The van der Waals surface area contributed by atoms with Gasteiger partial charge in [-0.2, -0.15) is 5.10 Å². The standard InChI is InChI=1S/C18H25N3O3/c1-12(2)7-6-8-13(3)19-16(22)11-24-18(23)17-14-9-4-5-10-15(14)20-21-17/h4-5,9-10,12-13H,6-8,11H2,1-3H3,(H,19,22)(H,20,21)/t13-/m1/s1. The van der Waals surface area contributed by atoms with Gasteiger partial charge in [0.25, 0.3) is 5.91 Å². The summed E-state index contributed by atoms with van der Waals surface area (Å²) in [4.78, 5) is 23.9. The predicted octanol–water partition coefficient (Wildman–Crippen LogP) is 3.05. The molecule has 6 heteroatoms. The lowest BCUT2D eigenvalue weighted by atomic mass is 10.0. The number of hydrogen-bond acceptors (Lipinski definition) is 4. The number of carbonyl (C=O) groups excluding carboxylic acids is 2. The molecule has 1 aromatic carbocycles. The van der Waals surface area contributed by atoms with E-state index in [4.69, 9.17) is 4.74 Å². The quantitative estimate of drug-likeness (QED) is 0.728. The number of nitrogens with zero attached hydrogens (tertiary/aromatic N) is 1. The van der Waals surface area contributed by atoms with Gasteiger partial charge in [0.2, 0.25) is 0 Å². The van der Waals surface area contributed by atoms with Crippen molar-refractivity contribution in [1.29, 1.82) is 0 Å². The molecule has 1 amide bonds. The lowest BCUT2D eigenvalue weighted by Gasteiger charge is -2.14. The van der Waals surface area contributed by atoms with Crippen molar-refractivity contribution in [3.63, 3.8) is 0 Å². The molecule has 0 aliphatic rings. The second kappa shape index (κ2) is 8.47. The highest BCUT2D eigenvalue weighted by molar-refractivity contribution is 6.02. The highest BCUT2D eigenvalue weighted by atomic mass is 16.5. The van der Waals surface area contributed by atoms with Crippen molar-refractivity contribution in [2.75, 3.05) is 6.61 Å². The van der Waals surface area contributed by atoms with Crippen LogP contribution in [0.3, 0.4) is 0 Å². The maximum atomic E-state index is 12.1. The fourth-order valence-corrected chi connectivity index (χ4v) is 2.54. The number of para-hydroxylation sites is 1. The molecular formula is C18H25N3O3. The Morgan fingerprint density at radius 3 is 2.71 bits per heavy atom. The monoisotopic (exact) mass is 331 g/mol. The molecule has 0 radical (unpaired) electrons. The molecule has 130 valence electrons. The van der Waals surface area contributed by atoms with Crippen LogP contribution in [0.4, 0.5) is 0 Å². The minimum absolute atomic E-state index is 0.0705. The van der Waals surface area contributed by atoms with E-state index in [2.05, 4.69) is 29.4 Å². The van der Waals surface area contributed by atoms with Crippen LogP contribution in [0, 0.1) is 5.92 Å². The third-order valence-corrected chi connectivity index (χ3v) is 3.82. The van der Waals surface area contributed by atoms with E-state index in [1.165, 1.54) is 0 Å². The van der Waals surface area contributed by atoms with Gasteiger partial charge in [-0.25, -0.2) is 4.79 Å². The molecule has 0 bridgehead atoms. The van der Waals surface area contributed by atoms with Gasteiger partial charge in [-0.15, -0.1) is 0 Å². The molecule has 1 atom stereocenters. The van der Waals surface area contributed by atoms with Gasteiger partial charge in [-0.05, 0) is 25.3 Å². The molecule has 2 rings (SSSR count). The lowest BCUT2D eigenvalue weighted by Crippen LogP contribution is -2.35. The molecule has 1 aromatic heterocycles. The van der Waals surface area contributed by atoms with Crippen LogP contribution in [-0.2, 0) is 9.53 Å². The number of aromatic amines is 1. The van der Waals surface area contributed by atoms with E-state index >= 15 is 0 Å². The molecule has 0 spiro atoms. The van der Waals surface area contributed by atoms with Crippen molar-refractivity contribution in [3.8, 4) is 0 Å². The van der Waals surface area contributed by atoms with Gasteiger partial charge < -0.3 is 10.1 Å². The van der Waals surface area contributed by atoms with Crippen molar-refractivity contribution in [3.05, 3.63) is 30.0 Å². The predicted molar refractivity (Wildman–Crippen MR) is 92.7 cm³/mol. The fraction of sp³-hybridized carbons (Fsp3) is 0.500. The molecule has 24 heavy (non-hydrogen) atoms. The van der Waals surface area contributed by atoms with E-state index in [0.717, 1.165) is 24.8 Å². The molecule has 2 N–H and O–H groups in total. The first-order valence-electron chi connectivity index (χ1n) is 8.37. The summed E-state index contributed by atoms with van der Waals surface area (Å²) < 4.78 is 5.07. The number of H-pyrrole nitrogens is 1. The molecule has 0 unspecified atom stereocenters. The molecule has 1 heterocycles. The summed E-state index contributed by atoms with van der Waals surface area (Å²) in [6, 6.07) is 7.35. The van der Waals surface area contributed by atoms with Crippen LogP contribution in [0.1, 0.15) is 50.5 Å². The fourth-order valence-electron chi connectivity index (χ4n) is 2.54. The first-order chi connectivity index (χ1) is 11.5. The van der Waals surface area contributed by atoms with Crippen LogP contribution in [0.25, 0.3) is 10.9 Å². The SMILES string of the molecule is CC(C)CCC[C@@H](C)NC(=O)COC(=O)c1n[nH]c2ccccc12. The smallest absolute Gasteiger partial charge is 0.359 e. The molecule has 2 aromatic rings. The van der Waals surface area contributed by atoms with Gasteiger partial charge in [0.05, 0.1) is 5.52 Å². The van der Waals surface area contributed by atoms with Crippen molar-refractivity contribution >= 4 is 22.8 Å². The van der Waals surface area contributed by atoms with E-state index in [1.54, 1.807) is 6.07 Å². The molecule has 0 saturated heterocycles. The Labute approximate surface area is 142 Å². The van der Waals surface area contributed by atoms with Gasteiger partial charge in [0, 0.05) is 11.4 Å². The molecule has 6 nitrogen and oxygen atoms in total. The number of amides is 1. The Bertz CT molecular complexity index is 694. The summed E-state index contributed by atoms with van der Waals surface area (Å²) in [6.07, 6.45) is 3.13. The first-order valence-corrected chi connectivity index (χ1v) is 8.37. The Balaban J connectivity index is 1.78. The normalized spacial score (nSPS) is 12.3. The number of esters is 1. The Morgan fingerprint density at radius 1 is 1.21 bits per heavy atom. The number of nitrogens with one attached hydrogen (secondary N) is 2. The van der Waals surface area contributed by atoms with Crippen molar-refractivity contribution in [1.82, 2.24) is 15.5 Å². The number of fused-ring (bicyclic) bond motifs is 1. The number of aromatic nitrogens is 2. The molecule has 0 aliphatic heterocycles. The lowest BCUT2D eigenvalue weighted by molar-refractivity contribution is -0.124. The van der Waals surface area contributed by atoms with E-state index < -0.39 is 5.97 Å². The zero-order chi connectivity index (χ0) is 17.5. The summed E-state index contributed by atoms with van der Waals surface area (Å²) in [5.74, 6) is -0.229. The van der Waals surface area contributed by atoms with Crippen LogP contribution < -0.4 is 5.32 Å². The minimum atomic E-state index is -0.602. The average Bonchev–Trinajstić information content (AvgIpc) is 2.96. The Morgan fingerprint density at radius 2 is 1.96 bits per heavy atom. The van der Waals surface area contributed by atoms with Crippen LogP contribution in [0.15, 0.2) is 24.3 Å². The molecule has 0 fully saturated rings. The molecular weight excluding hydrogens is 306 g/mol. The topological polar surface area (TPSA) is 84.1 Å². The minimum Gasteiger partial charge on any atom is -0.451 e. The molecule has 0 saturated carbocycles.